The minimum Gasteiger partial charge on any atom is -0.393 e. The average molecular weight is 375 g/mol. The fraction of sp³-hybridized carbons (Fsp3) is 0.176. The molecule has 23 heavy (non-hydrogen) atoms. The van der Waals surface area contributed by atoms with E-state index in [-0.39, 0.29) is 0 Å². The minimum absolute atomic E-state index is 0.334. The van der Waals surface area contributed by atoms with Crippen molar-refractivity contribution in [3.8, 4) is 0 Å². The van der Waals surface area contributed by atoms with Gasteiger partial charge in [-0.25, -0.2) is 5.06 Å². The molecular formula is C17H19BrN4O. The van der Waals surface area contributed by atoms with Gasteiger partial charge >= 0.3 is 0 Å². The van der Waals surface area contributed by atoms with Crippen molar-refractivity contribution in [3.05, 3.63) is 70.2 Å². The quantitative estimate of drug-likeness (QED) is 0.597. The Morgan fingerprint density at radius 1 is 1.35 bits per heavy atom. The van der Waals surface area contributed by atoms with Crippen LogP contribution in [0.25, 0.3) is 0 Å². The predicted molar refractivity (Wildman–Crippen MR) is 96.6 cm³/mol. The summed E-state index contributed by atoms with van der Waals surface area (Å²) in [5, 5.41) is 13.2. The first-order valence-electron chi connectivity index (χ1n) is 7.06. The Bertz CT molecular complexity index is 716. The van der Waals surface area contributed by atoms with Gasteiger partial charge in [0.05, 0.1) is 29.9 Å². The van der Waals surface area contributed by atoms with E-state index in [0.717, 1.165) is 21.4 Å². The SMILES string of the molecule is CN/C=C(/C)N(OC)c1ccc(Br)cc1C(=N)c1ccccn1. The highest BCUT2D eigenvalue weighted by Gasteiger charge is 2.18. The highest BCUT2D eigenvalue weighted by Crippen LogP contribution is 2.29. The zero-order valence-electron chi connectivity index (χ0n) is 13.3. The molecule has 0 radical (unpaired) electrons. The molecule has 2 aromatic rings. The lowest BCUT2D eigenvalue weighted by atomic mass is 10.0. The van der Waals surface area contributed by atoms with E-state index in [9.17, 15) is 0 Å². The number of hydroxylamine groups is 1. The molecule has 5 nitrogen and oxygen atoms in total. The Morgan fingerprint density at radius 2 is 2.13 bits per heavy atom. The largest absolute Gasteiger partial charge is 0.393 e. The van der Waals surface area contributed by atoms with Crippen LogP contribution >= 0.6 is 15.9 Å². The van der Waals surface area contributed by atoms with Crippen LogP contribution < -0.4 is 10.4 Å². The van der Waals surface area contributed by atoms with Gasteiger partial charge in [-0.2, -0.15) is 0 Å². The third-order valence-corrected chi connectivity index (χ3v) is 3.72. The van der Waals surface area contributed by atoms with Gasteiger partial charge in [-0.05, 0) is 37.3 Å². The number of hydrogen-bond acceptors (Lipinski definition) is 5. The summed E-state index contributed by atoms with van der Waals surface area (Å²) in [6.45, 7) is 1.93. The van der Waals surface area contributed by atoms with Crippen LogP contribution in [-0.4, -0.2) is 24.9 Å². The Balaban J connectivity index is 2.53. The number of allylic oxidation sites excluding steroid dienone is 1. The van der Waals surface area contributed by atoms with Gasteiger partial charge in [0.15, 0.2) is 0 Å². The first kappa shape index (κ1) is 17.2. The maximum absolute atomic E-state index is 8.52. The topological polar surface area (TPSA) is 61.2 Å². The van der Waals surface area contributed by atoms with Crippen LogP contribution in [0, 0.1) is 5.41 Å². The summed E-state index contributed by atoms with van der Waals surface area (Å²) >= 11 is 3.47. The van der Waals surface area contributed by atoms with Gasteiger partial charge in [0.2, 0.25) is 0 Å². The van der Waals surface area contributed by atoms with Gasteiger partial charge in [0, 0.05) is 29.5 Å². The summed E-state index contributed by atoms with van der Waals surface area (Å²) in [4.78, 5) is 9.78. The summed E-state index contributed by atoms with van der Waals surface area (Å²) in [6, 6.07) is 11.2. The molecule has 0 fully saturated rings. The van der Waals surface area contributed by atoms with Crippen molar-refractivity contribution in [2.45, 2.75) is 6.92 Å². The average Bonchev–Trinajstić information content (AvgIpc) is 2.57. The lowest BCUT2D eigenvalue weighted by Gasteiger charge is -2.25. The fourth-order valence-corrected chi connectivity index (χ4v) is 2.60. The number of nitrogens with zero attached hydrogens (tertiary/aromatic N) is 2. The maximum atomic E-state index is 8.52. The van der Waals surface area contributed by atoms with E-state index in [2.05, 4.69) is 26.2 Å². The summed E-state index contributed by atoms with van der Waals surface area (Å²) in [5.41, 5.74) is 3.31. The van der Waals surface area contributed by atoms with Crippen molar-refractivity contribution in [3.63, 3.8) is 0 Å². The lowest BCUT2D eigenvalue weighted by molar-refractivity contribution is 0.188. The number of rotatable bonds is 6. The first-order valence-corrected chi connectivity index (χ1v) is 7.86. The van der Waals surface area contributed by atoms with Crippen molar-refractivity contribution < 1.29 is 4.84 Å². The van der Waals surface area contributed by atoms with Crippen LogP contribution in [0.5, 0.6) is 0 Å². The van der Waals surface area contributed by atoms with Crippen molar-refractivity contribution in [2.24, 2.45) is 0 Å². The molecule has 0 bridgehead atoms. The number of nitrogens with one attached hydrogen (secondary N) is 2. The zero-order valence-corrected chi connectivity index (χ0v) is 14.9. The molecule has 1 heterocycles. The van der Waals surface area contributed by atoms with Crippen molar-refractivity contribution >= 4 is 27.3 Å². The van der Waals surface area contributed by atoms with E-state index in [1.54, 1.807) is 18.4 Å². The zero-order chi connectivity index (χ0) is 16.8. The van der Waals surface area contributed by atoms with Crippen LogP contribution in [0.3, 0.4) is 0 Å². The van der Waals surface area contributed by atoms with Crippen LogP contribution in [0.2, 0.25) is 0 Å². The number of halogens is 1. The lowest BCUT2D eigenvalue weighted by Crippen LogP contribution is -2.23. The predicted octanol–water partition coefficient (Wildman–Crippen LogP) is 3.71. The maximum Gasteiger partial charge on any atom is 0.0890 e. The Labute approximate surface area is 144 Å². The third-order valence-electron chi connectivity index (χ3n) is 3.22. The van der Waals surface area contributed by atoms with Crippen LogP contribution in [-0.2, 0) is 4.84 Å². The fourth-order valence-electron chi connectivity index (χ4n) is 2.23. The highest BCUT2D eigenvalue weighted by atomic mass is 79.9. The molecule has 0 aliphatic carbocycles. The number of pyridine rings is 1. The van der Waals surface area contributed by atoms with Crippen molar-refractivity contribution in [1.29, 1.82) is 5.41 Å². The Hall–Kier alpha value is -2.18. The van der Waals surface area contributed by atoms with E-state index in [4.69, 9.17) is 10.2 Å². The van der Waals surface area contributed by atoms with Gasteiger partial charge in [0.25, 0.3) is 0 Å². The number of benzene rings is 1. The van der Waals surface area contributed by atoms with E-state index in [0.29, 0.717) is 11.4 Å². The summed E-state index contributed by atoms with van der Waals surface area (Å²) in [7, 11) is 3.43. The first-order chi connectivity index (χ1) is 11.1. The van der Waals surface area contributed by atoms with Gasteiger partial charge in [-0.1, -0.05) is 22.0 Å². The molecule has 6 heteroatoms. The second kappa shape index (κ2) is 7.89. The molecule has 2 rings (SSSR count). The van der Waals surface area contributed by atoms with Gasteiger partial charge < -0.3 is 5.32 Å². The Kier molecular flexibility index (Phi) is 5.90. The molecule has 0 spiro atoms. The molecule has 0 aliphatic heterocycles. The summed E-state index contributed by atoms with van der Waals surface area (Å²) < 4.78 is 0.892. The van der Waals surface area contributed by atoms with Crippen LogP contribution in [0.1, 0.15) is 18.2 Å². The number of anilines is 1. The molecule has 0 amide bonds. The number of hydrogen-bond donors (Lipinski definition) is 2. The van der Waals surface area contributed by atoms with Crippen molar-refractivity contribution in [2.75, 3.05) is 19.2 Å². The molecule has 0 saturated heterocycles. The highest BCUT2D eigenvalue weighted by molar-refractivity contribution is 9.10. The molecule has 0 unspecified atom stereocenters. The smallest absolute Gasteiger partial charge is 0.0890 e. The second-order valence-electron chi connectivity index (χ2n) is 4.80. The van der Waals surface area contributed by atoms with E-state index >= 15 is 0 Å². The molecule has 0 saturated carbocycles. The van der Waals surface area contributed by atoms with Gasteiger partial charge in [-0.3, -0.25) is 15.2 Å². The third kappa shape index (κ3) is 3.97. The summed E-state index contributed by atoms with van der Waals surface area (Å²) in [5.74, 6) is 0. The second-order valence-corrected chi connectivity index (χ2v) is 5.72. The Morgan fingerprint density at radius 3 is 2.74 bits per heavy atom. The normalized spacial score (nSPS) is 11.2. The van der Waals surface area contributed by atoms with Crippen molar-refractivity contribution in [1.82, 2.24) is 10.3 Å². The molecule has 0 aliphatic rings. The van der Waals surface area contributed by atoms with E-state index < -0.39 is 0 Å². The number of aromatic nitrogens is 1. The van der Waals surface area contributed by atoms with E-state index in [1.165, 1.54) is 0 Å². The minimum atomic E-state index is 0.334. The van der Waals surface area contributed by atoms with Crippen LogP contribution in [0.4, 0.5) is 5.69 Å². The summed E-state index contributed by atoms with van der Waals surface area (Å²) in [6.07, 6.45) is 3.52. The molecule has 2 N–H and O–H groups in total. The molecule has 1 aromatic heterocycles. The van der Waals surface area contributed by atoms with Gasteiger partial charge in [0.1, 0.15) is 0 Å². The molecular weight excluding hydrogens is 356 g/mol. The molecule has 0 atom stereocenters. The van der Waals surface area contributed by atoms with Crippen LogP contribution in [0.15, 0.2) is 59.0 Å². The van der Waals surface area contributed by atoms with Gasteiger partial charge in [-0.15, -0.1) is 0 Å². The monoisotopic (exact) mass is 374 g/mol. The molecule has 1 aromatic carbocycles. The standard InChI is InChI=1S/C17H19BrN4O/c1-12(11-20-2)22(23-3)16-8-7-13(18)10-14(16)17(19)15-6-4-5-9-21-15/h4-11,19-20H,1-3H3/b12-11-,19-17?. The molecule has 120 valence electrons. The van der Waals surface area contributed by atoms with E-state index in [1.807, 2.05) is 56.6 Å².